The number of hydrogen-bond acceptors (Lipinski definition) is 5. The normalized spacial score (nSPS) is 15.0. The zero-order valence-electron chi connectivity index (χ0n) is 16.4. The Bertz CT molecular complexity index is 1220. The largest absolute Gasteiger partial charge is 0.481 e. The lowest BCUT2D eigenvalue weighted by atomic mass is 9.87. The first kappa shape index (κ1) is 20.7. The van der Waals surface area contributed by atoms with E-state index in [1.54, 1.807) is 42.5 Å². The lowest BCUT2D eigenvalue weighted by Gasteiger charge is -2.24. The van der Waals surface area contributed by atoms with Crippen LogP contribution in [-0.2, 0) is 10.5 Å². The van der Waals surface area contributed by atoms with Gasteiger partial charge in [0, 0.05) is 18.1 Å². The second kappa shape index (κ2) is 9.06. The Morgan fingerprint density at radius 3 is 2.71 bits per heavy atom. The highest BCUT2D eigenvalue weighted by molar-refractivity contribution is 7.98. The fraction of sp³-hybridized carbons (Fsp3) is 0.174. The number of H-pyrrole nitrogens is 1. The van der Waals surface area contributed by atoms with Gasteiger partial charge in [0.25, 0.3) is 5.56 Å². The van der Waals surface area contributed by atoms with Gasteiger partial charge in [-0.25, -0.2) is 9.37 Å². The summed E-state index contributed by atoms with van der Waals surface area (Å²) in [6.45, 7) is 0.158. The Labute approximate surface area is 182 Å². The van der Waals surface area contributed by atoms with Crippen LogP contribution < -0.4 is 15.6 Å². The Morgan fingerprint density at radius 1 is 1.19 bits per heavy atom. The van der Waals surface area contributed by atoms with Gasteiger partial charge in [-0.2, -0.15) is 0 Å². The first-order valence-electron chi connectivity index (χ1n) is 9.51. The van der Waals surface area contributed by atoms with Crippen molar-refractivity contribution in [3.8, 4) is 18.1 Å². The molecule has 3 aromatic rings. The number of amides is 1. The highest BCUT2D eigenvalue weighted by Crippen LogP contribution is 2.35. The number of benzene rings is 2. The van der Waals surface area contributed by atoms with Crippen LogP contribution in [0.2, 0.25) is 0 Å². The van der Waals surface area contributed by atoms with Crippen LogP contribution in [0.1, 0.15) is 29.0 Å². The molecule has 1 atom stereocenters. The summed E-state index contributed by atoms with van der Waals surface area (Å²) < 4.78 is 19.2. The molecule has 2 aromatic carbocycles. The van der Waals surface area contributed by atoms with E-state index < -0.39 is 5.92 Å². The number of carbonyl (C=O) groups excluding carboxylic acids is 1. The van der Waals surface area contributed by atoms with Crippen molar-refractivity contribution < 1.29 is 13.9 Å². The van der Waals surface area contributed by atoms with E-state index in [0.29, 0.717) is 27.8 Å². The quantitative estimate of drug-likeness (QED) is 0.351. The van der Waals surface area contributed by atoms with E-state index in [2.05, 4.69) is 21.2 Å². The topological polar surface area (TPSA) is 84.1 Å². The Hall–Kier alpha value is -3.57. The van der Waals surface area contributed by atoms with E-state index in [-0.39, 0.29) is 36.1 Å². The molecule has 1 aliphatic heterocycles. The first-order chi connectivity index (χ1) is 15.0. The van der Waals surface area contributed by atoms with E-state index in [0.717, 1.165) is 5.56 Å². The summed E-state index contributed by atoms with van der Waals surface area (Å²) >= 11 is 1.19. The zero-order chi connectivity index (χ0) is 21.8. The molecule has 0 bridgehead atoms. The maximum absolute atomic E-state index is 13.9. The number of thioether (sulfide) groups is 1. The van der Waals surface area contributed by atoms with Crippen LogP contribution in [0.3, 0.4) is 0 Å². The summed E-state index contributed by atoms with van der Waals surface area (Å²) in [5, 5.41) is 3.00. The van der Waals surface area contributed by atoms with E-state index in [4.69, 9.17) is 11.2 Å². The third-order valence-electron chi connectivity index (χ3n) is 4.86. The number of aromatic amines is 1. The standard InChI is InChI=1S/C23H18FN3O3S/c1-2-11-30-16-9-7-14(8-10-16)17-12-19(28)25-21-20(17)22(29)27-23(26-21)31-13-15-5-3-4-6-18(15)24/h1,3-10,17H,11-13H2,(H2,25,26,27,28,29). The molecular formula is C23H18FN3O3S. The molecule has 1 aliphatic rings. The minimum absolute atomic E-state index is 0.129. The average molecular weight is 435 g/mol. The molecule has 31 heavy (non-hydrogen) atoms. The van der Waals surface area contributed by atoms with Crippen molar-refractivity contribution in [2.75, 3.05) is 11.9 Å². The van der Waals surface area contributed by atoms with Gasteiger partial charge in [0.1, 0.15) is 24.0 Å². The number of carbonyl (C=O) groups is 1. The lowest BCUT2D eigenvalue weighted by molar-refractivity contribution is -0.116. The monoisotopic (exact) mass is 435 g/mol. The zero-order valence-corrected chi connectivity index (χ0v) is 17.2. The van der Waals surface area contributed by atoms with E-state index in [1.165, 1.54) is 17.8 Å². The highest BCUT2D eigenvalue weighted by atomic mass is 32.2. The molecule has 1 unspecified atom stereocenters. The third kappa shape index (κ3) is 4.62. The predicted octanol–water partition coefficient (Wildman–Crippen LogP) is 3.69. The average Bonchev–Trinajstić information content (AvgIpc) is 2.76. The molecule has 4 rings (SSSR count). The van der Waals surface area contributed by atoms with Crippen molar-refractivity contribution in [3.05, 3.63) is 81.4 Å². The maximum atomic E-state index is 13.9. The van der Waals surface area contributed by atoms with Gasteiger partial charge in [-0.1, -0.05) is 48.0 Å². The van der Waals surface area contributed by atoms with Gasteiger partial charge in [0.05, 0.1) is 5.56 Å². The maximum Gasteiger partial charge on any atom is 0.257 e. The number of hydrogen-bond donors (Lipinski definition) is 2. The molecule has 0 fully saturated rings. The summed E-state index contributed by atoms with van der Waals surface area (Å²) in [6, 6.07) is 13.5. The SMILES string of the molecule is C#CCOc1ccc(C2CC(=O)Nc3nc(SCc4ccccc4F)[nH]c(=O)c32)cc1. The number of fused-ring (bicyclic) bond motifs is 1. The van der Waals surface area contributed by atoms with Gasteiger partial charge in [-0.15, -0.1) is 6.42 Å². The fourth-order valence-electron chi connectivity index (χ4n) is 3.39. The van der Waals surface area contributed by atoms with Crippen LogP contribution in [0.15, 0.2) is 58.5 Å². The molecule has 6 nitrogen and oxygen atoms in total. The molecule has 1 aromatic heterocycles. The molecule has 0 saturated heterocycles. The summed E-state index contributed by atoms with van der Waals surface area (Å²) in [6.07, 6.45) is 5.33. The number of nitrogens with one attached hydrogen (secondary N) is 2. The minimum atomic E-state index is -0.438. The van der Waals surface area contributed by atoms with Crippen LogP contribution in [0.25, 0.3) is 0 Å². The van der Waals surface area contributed by atoms with Crippen molar-refractivity contribution in [2.45, 2.75) is 23.2 Å². The molecular weight excluding hydrogens is 417 g/mol. The van der Waals surface area contributed by atoms with Gasteiger partial charge in [0.2, 0.25) is 5.91 Å². The molecule has 0 aliphatic carbocycles. The molecule has 2 heterocycles. The van der Waals surface area contributed by atoms with Gasteiger partial charge >= 0.3 is 0 Å². The van der Waals surface area contributed by atoms with Crippen LogP contribution in [0.5, 0.6) is 5.75 Å². The predicted molar refractivity (Wildman–Crippen MR) is 117 cm³/mol. The number of terminal acetylenes is 1. The second-order valence-electron chi connectivity index (χ2n) is 6.88. The van der Waals surface area contributed by atoms with Crippen molar-refractivity contribution in [1.82, 2.24) is 9.97 Å². The fourth-order valence-corrected chi connectivity index (χ4v) is 4.23. The van der Waals surface area contributed by atoms with Crippen molar-refractivity contribution >= 4 is 23.5 Å². The number of aromatic nitrogens is 2. The molecule has 0 saturated carbocycles. The summed E-state index contributed by atoms with van der Waals surface area (Å²) in [5.74, 6) is 2.54. The molecule has 1 amide bonds. The summed E-state index contributed by atoms with van der Waals surface area (Å²) in [5.41, 5.74) is 1.36. The van der Waals surface area contributed by atoms with Gasteiger partial charge in [-0.05, 0) is 29.3 Å². The van der Waals surface area contributed by atoms with Crippen LogP contribution >= 0.6 is 11.8 Å². The van der Waals surface area contributed by atoms with E-state index in [1.807, 2.05) is 0 Å². The van der Waals surface area contributed by atoms with Crippen molar-refractivity contribution in [3.63, 3.8) is 0 Å². The Kier molecular flexibility index (Phi) is 6.05. The first-order valence-corrected chi connectivity index (χ1v) is 10.5. The third-order valence-corrected chi connectivity index (χ3v) is 5.78. The number of nitrogens with zero attached hydrogens (tertiary/aromatic N) is 1. The van der Waals surface area contributed by atoms with Crippen LogP contribution in [0, 0.1) is 18.2 Å². The van der Waals surface area contributed by atoms with Crippen molar-refractivity contribution in [1.29, 1.82) is 0 Å². The van der Waals surface area contributed by atoms with Gasteiger partial charge in [0.15, 0.2) is 5.16 Å². The van der Waals surface area contributed by atoms with Crippen LogP contribution in [-0.4, -0.2) is 22.5 Å². The summed E-state index contributed by atoms with van der Waals surface area (Å²) in [4.78, 5) is 32.3. The Balaban J connectivity index is 1.60. The second-order valence-corrected chi connectivity index (χ2v) is 7.84. The van der Waals surface area contributed by atoms with Crippen molar-refractivity contribution in [2.24, 2.45) is 0 Å². The number of rotatable bonds is 6. The van der Waals surface area contributed by atoms with Gasteiger partial charge in [-0.3, -0.25) is 9.59 Å². The van der Waals surface area contributed by atoms with E-state index in [9.17, 15) is 14.0 Å². The smallest absolute Gasteiger partial charge is 0.257 e. The highest BCUT2D eigenvalue weighted by Gasteiger charge is 2.31. The molecule has 8 heteroatoms. The minimum Gasteiger partial charge on any atom is -0.481 e. The van der Waals surface area contributed by atoms with E-state index >= 15 is 0 Å². The molecule has 156 valence electrons. The molecule has 0 radical (unpaired) electrons. The number of ether oxygens (including phenoxy) is 1. The number of halogens is 1. The summed E-state index contributed by atoms with van der Waals surface area (Å²) in [7, 11) is 0. The number of anilines is 1. The molecule has 2 N–H and O–H groups in total. The van der Waals surface area contributed by atoms with Gasteiger partial charge < -0.3 is 15.0 Å². The molecule has 0 spiro atoms. The lowest BCUT2D eigenvalue weighted by Crippen LogP contribution is -2.31. The van der Waals surface area contributed by atoms with Crippen LogP contribution in [0.4, 0.5) is 10.2 Å². The Morgan fingerprint density at radius 2 is 1.97 bits per heavy atom.